The van der Waals surface area contributed by atoms with Gasteiger partial charge in [-0.05, 0) is 29.8 Å². The summed E-state index contributed by atoms with van der Waals surface area (Å²) in [6.07, 6.45) is 4.48. The van der Waals surface area contributed by atoms with Crippen LogP contribution in [0.1, 0.15) is 11.1 Å². The smallest absolute Gasteiger partial charge is 0.328 e. The maximum absolute atomic E-state index is 10.6. The van der Waals surface area contributed by atoms with E-state index >= 15 is 0 Å². The van der Waals surface area contributed by atoms with Gasteiger partial charge in [0.05, 0.1) is 0 Å². The molecule has 0 saturated carbocycles. The van der Waals surface area contributed by atoms with Gasteiger partial charge in [0.15, 0.2) is 0 Å². The molecule has 0 atom stereocenters. The van der Waals surface area contributed by atoms with E-state index in [1.54, 1.807) is 12.3 Å². The molecule has 0 spiro atoms. The van der Waals surface area contributed by atoms with Crippen molar-refractivity contribution in [2.75, 3.05) is 0 Å². The van der Waals surface area contributed by atoms with E-state index in [1.807, 2.05) is 48.5 Å². The summed E-state index contributed by atoms with van der Waals surface area (Å²) in [6.45, 7) is 0.497. The number of carboxylic acid groups (broad SMARTS) is 1. The minimum Gasteiger partial charge on any atom is -0.489 e. The van der Waals surface area contributed by atoms with Crippen molar-refractivity contribution in [1.29, 1.82) is 0 Å². The molecule has 0 aliphatic heterocycles. The topological polar surface area (TPSA) is 62.3 Å². The van der Waals surface area contributed by atoms with Crippen molar-refractivity contribution >= 4 is 22.9 Å². The van der Waals surface area contributed by atoms with E-state index in [9.17, 15) is 4.79 Å². The van der Waals surface area contributed by atoms with Crippen molar-refractivity contribution in [2.45, 2.75) is 6.61 Å². The van der Waals surface area contributed by atoms with E-state index in [-0.39, 0.29) is 0 Å². The van der Waals surface area contributed by atoms with Crippen molar-refractivity contribution in [3.8, 4) is 5.75 Å². The molecule has 1 heterocycles. The first-order chi connectivity index (χ1) is 10.7. The highest BCUT2D eigenvalue weighted by atomic mass is 16.5. The van der Waals surface area contributed by atoms with Crippen molar-refractivity contribution in [3.05, 3.63) is 71.9 Å². The standard InChI is InChI=1S/C18H15NO3/c20-18(21)9-6-14-11-19-17-8-7-15(10-16(14)17)22-12-13-4-2-1-3-5-13/h1-11,19H,12H2,(H,20,21). The van der Waals surface area contributed by atoms with Gasteiger partial charge < -0.3 is 14.8 Å². The molecule has 3 rings (SSSR count). The predicted octanol–water partition coefficient (Wildman–Crippen LogP) is 3.84. The fraction of sp³-hybridized carbons (Fsp3) is 0.0556. The maximum Gasteiger partial charge on any atom is 0.328 e. The number of fused-ring (bicyclic) bond motifs is 1. The summed E-state index contributed by atoms with van der Waals surface area (Å²) in [6, 6.07) is 15.7. The average Bonchev–Trinajstić information content (AvgIpc) is 2.94. The number of aromatic nitrogens is 1. The van der Waals surface area contributed by atoms with E-state index in [2.05, 4.69) is 4.98 Å². The van der Waals surface area contributed by atoms with Crippen LogP contribution in [0.5, 0.6) is 5.75 Å². The highest BCUT2D eigenvalue weighted by Gasteiger charge is 2.04. The lowest BCUT2D eigenvalue weighted by molar-refractivity contribution is -0.131. The van der Waals surface area contributed by atoms with Crippen LogP contribution in [0.25, 0.3) is 17.0 Å². The SMILES string of the molecule is O=C(O)C=Cc1c[nH]c2ccc(OCc3ccccc3)cc12. The number of aromatic amines is 1. The van der Waals surface area contributed by atoms with Gasteiger partial charge in [-0.1, -0.05) is 30.3 Å². The highest BCUT2D eigenvalue weighted by Crippen LogP contribution is 2.25. The lowest BCUT2D eigenvalue weighted by Crippen LogP contribution is -1.94. The van der Waals surface area contributed by atoms with Gasteiger partial charge >= 0.3 is 5.97 Å². The Morgan fingerprint density at radius 3 is 2.77 bits per heavy atom. The second-order valence-corrected chi connectivity index (χ2v) is 4.90. The zero-order valence-electron chi connectivity index (χ0n) is 11.8. The number of carboxylic acids is 1. The largest absolute Gasteiger partial charge is 0.489 e. The third-order valence-electron chi connectivity index (χ3n) is 3.34. The van der Waals surface area contributed by atoms with Crippen LogP contribution >= 0.6 is 0 Å². The summed E-state index contributed by atoms with van der Waals surface area (Å²) in [5, 5.41) is 9.66. The van der Waals surface area contributed by atoms with Gasteiger partial charge in [0, 0.05) is 28.7 Å². The van der Waals surface area contributed by atoms with E-state index < -0.39 is 5.97 Å². The van der Waals surface area contributed by atoms with Crippen LogP contribution in [0.2, 0.25) is 0 Å². The molecule has 0 fully saturated rings. The lowest BCUT2D eigenvalue weighted by atomic mass is 10.1. The van der Waals surface area contributed by atoms with Gasteiger partial charge in [-0.15, -0.1) is 0 Å². The minimum atomic E-state index is -0.967. The number of aliphatic carboxylic acids is 1. The summed E-state index contributed by atoms with van der Waals surface area (Å²) >= 11 is 0. The monoisotopic (exact) mass is 293 g/mol. The third-order valence-corrected chi connectivity index (χ3v) is 3.34. The second-order valence-electron chi connectivity index (χ2n) is 4.90. The fourth-order valence-electron chi connectivity index (χ4n) is 2.25. The molecule has 4 nitrogen and oxygen atoms in total. The van der Waals surface area contributed by atoms with Crippen molar-refractivity contribution in [2.24, 2.45) is 0 Å². The Morgan fingerprint density at radius 2 is 2.00 bits per heavy atom. The lowest BCUT2D eigenvalue weighted by Gasteiger charge is -2.06. The van der Waals surface area contributed by atoms with Gasteiger partial charge in [0.1, 0.15) is 12.4 Å². The summed E-state index contributed by atoms with van der Waals surface area (Å²) in [7, 11) is 0. The Hall–Kier alpha value is -3.01. The normalized spacial score (nSPS) is 11.1. The van der Waals surface area contributed by atoms with E-state index in [0.717, 1.165) is 33.9 Å². The molecule has 0 bridgehead atoms. The first-order valence-electron chi connectivity index (χ1n) is 6.91. The number of hydrogen-bond donors (Lipinski definition) is 2. The first-order valence-corrected chi connectivity index (χ1v) is 6.91. The molecular formula is C18H15NO3. The van der Waals surface area contributed by atoms with E-state index in [0.29, 0.717) is 6.61 Å². The molecular weight excluding hydrogens is 278 g/mol. The van der Waals surface area contributed by atoms with Crippen LogP contribution in [0.4, 0.5) is 0 Å². The number of nitrogens with one attached hydrogen (secondary N) is 1. The summed E-state index contributed by atoms with van der Waals surface area (Å²) in [5.74, 6) is -0.216. The van der Waals surface area contributed by atoms with Gasteiger partial charge in [-0.3, -0.25) is 0 Å². The van der Waals surface area contributed by atoms with Crippen LogP contribution in [0.3, 0.4) is 0 Å². The summed E-state index contributed by atoms with van der Waals surface area (Å²) in [5.41, 5.74) is 2.86. The molecule has 0 amide bonds. The van der Waals surface area contributed by atoms with Gasteiger partial charge in [0.25, 0.3) is 0 Å². The molecule has 110 valence electrons. The summed E-state index contributed by atoms with van der Waals surface area (Å²) in [4.78, 5) is 13.7. The van der Waals surface area contributed by atoms with Crippen molar-refractivity contribution in [1.82, 2.24) is 4.98 Å². The van der Waals surface area contributed by atoms with Crippen LogP contribution in [-0.2, 0) is 11.4 Å². The number of hydrogen-bond acceptors (Lipinski definition) is 2. The molecule has 22 heavy (non-hydrogen) atoms. The predicted molar refractivity (Wildman–Crippen MR) is 85.7 cm³/mol. The van der Waals surface area contributed by atoms with Crippen molar-refractivity contribution < 1.29 is 14.6 Å². The first kappa shape index (κ1) is 13.9. The minimum absolute atomic E-state index is 0.497. The van der Waals surface area contributed by atoms with Crippen LogP contribution < -0.4 is 4.74 Å². The molecule has 0 unspecified atom stereocenters. The third kappa shape index (κ3) is 3.17. The molecule has 0 aliphatic carbocycles. The molecule has 0 aliphatic rings. The molecule has 1 aromatic heterocycles. The van der Waals surface area contributed by atoms with E-state index in [4.69, 9.17) is 9.84 Å². The maximum atomic E-state index is 10.6. The van der Waals surface area contributed by atoms with Crippen LogP contribution in [0.15, 0.2) is 60.8 Å². The molecule has 0 radical (unpaired) electrons. The zero-order valence-corrected chi connectivity index (χ0v) is 11.8. The Bertz CT molecular complexity index is 819. The fourth-order valence-corrected chi connectivity index (χ4v) is 2.25. The van der Waals surface area contributed by atoms with Crippen LogP contribution in [-0.4, -0.2) is 16.1 Å². The number of carbonyl (C=O) groups is 1. The molecule has 3 aromatic rings. The molecule has 2 N–H and O–H groups in total. The van der Waals surface area contributed by atoms with Gasteiger partial charge in [0.2, 0.25) is 0 Å². The second kappa shape index (κ2) is 6.18. The molecule has 4 heteroatoms. The number of rotatable bonds is 5. The van der Waals surface area contributed by atoms with Crippen molar-refractivity contribution in [3.63, 3.8) is 0 Å². The van der Waals surface area contributed by atoms with E-state index in [1.165, 1.54) is 0 Å². The highest BCUT2D eigenvalue weighted by molar-refractivity contribution is 5.94. The molecule has 0 saturated heterocycles. The average molecular weight is 293 g/mol. The Balaban J connectivity index is 1.82. The zero-order chi connectivity index (χ0) is 15.4. The molecule has 2 aromatic carbocycles. The van der Waals surface area contributed by atoms with Crippen LogP contribution in [0, 0.1) is 0 Å². The Kier molecular flexibility index (Phi) is 3.92. The number of H-pyrrole nitrogens is 1. The van der Waals surface area contributed by atoms with Gasteiger partial charge in [-0.25, -0.2) is 4.79 Å². The Labute approximate surface area is 127 Å². The number of benzene rings is 2. The number of ether oxygens (including phenoxy) is 1. The quantitative estimate of drug-likeness (QED) is 0.702. The van der Waals surface area contributed by atoms with Gasteiger partial charge in [-0.2, -0.15) is 0 Å². The Morgan fingerprint density at radius 1 is 1.18 bits per heavy atom. The summed E-state index contributed by atoms with van der Waals surface area (Å²) < 4.78 is 5.80.